The minimum absolute atomic E-state index is 0.0482. The fourth-order valence-electron chi connectivity index (χ4n) is 5.43. The maximum absolute atomic E-state index is 13.7. The minimum atomic E-state index is -3.75. The second kappa shape index (κ2) is 10.1. The van der Waals surface area contributed by atoms with Gasteiger partial charge in [-0.1, -0.05) is 45.8 Å². The van der Waals surface area contributed by atoms with Crippen molar-refractivity contribution in [1.82, 2.24) is 19.6 Å². The van der Waals surface area contributed by atoms with Gasteiger partial charge >= 0.3 is 6.29 Å². The molecule has 3 heterocycles. The zero-order chi connectivity index (χ0) is 26.2. The molecule has 0 saturated heterocycles. The van der Waals surface area contributed by atoms with Crippen LogP contribution in [0.4, 0.5) is 14.7 Å². The van der Waals surface area contributed by atoms with Crippen LogP contribution in [0.5, 0.6) is 11.5 Å². The predicted octanol–water partition coefficient (Wildman–Crippen LogP) is 6.42. The standard InChI is InChI=1S/C27H32F2N6O2/c1-4-6-13-31-15-17(5-2)19-10-8-7-9-18(14-16(19)3)24-33-25-20-11-12-21-23(37-27(28,29)36-21)22(20)32-26(30)35(25)34-24/h5,11-13,15-16,18-19H,2,4,6-10,14H2,1,3H3,(H2,30,32). The maximum atomic E-state index is 13.7. The maximum Gasteiger partial charge on any atom is 0.586 e. The van der Waals surface area contributed by atoms with Crippen LogP contribution < -0.4 is 15.2 Å². The highest BCUT2D eigenvalue weighted by Crippen LogP contribution is 2.46. The number of hydrogen-bond donors (Lipinski definition) is 1. The first-order chi connectivity index (χ1) is 17.8. The number of benzene rings is 1. The molecule has 1 aromatic carbocycles. The van der Waals surface area contributed by atoms with Crippen molar-refractivity contribution in [2.45, 2.75) is 71.0 Å². The summed E-state index contributed by atoms with van der Waals surface area (Å²) in [5, 5.41) is 5.23. The van der Waals surface area contributed by atoms with Crippen molar-refractivity contribution in [3.63, 3.8) is 0 Å². The number of fused-ring (bicyclic) bond motifs is 5. The number of rotatable bonds is 6. The number of nitrogens with zero attached hydrogens (tertiary/aromatic N) is 5. The molecule has 2 N–H and O–H groups in total. The van der Waals surface area contributed by atoms with E-state index < -0.39 is 6.29 Å². The molecule has 196 valence electrons. The van der Waals surface area contributed by atoms with Crippen molar-refractivity contribution >= 4 is 28.7 Å². The van der Waals surface area contributed by atoms with E-state index in [0.29, 0.717) is 28.7 Å². The van der Waals surface area contributed by atoms with Gasteiger partial charge in [-0.25, -0.2) is 9.97 Å². The highest BCUT2D eigenvalue weighted by Gasteiger charge is 2.45. The van der Waals surface area contributed by atoms with E-state index in [1.54, 1.807) is 6.07 Å². The Labute approximate surface area is 214 Å². The second-order valence-corrected chi connectivity index (χ2v) is 9.89. The third-order valence-electron chi connectivity index (χ3n) is 7.29. The van der Waals surface area contributed by atoms with Gasteiger partial charge in [0, 0.05) is 23.7 Å². The summed E-state index contributed by atoms with van der Waals surface area (Å²) >= 11 is 0. The van der Waals surface area contributed by atoms with Crippen LogP contribution in [0.15, 0.2) is 41.6 Å². The number of allylic oxidation sites excluding steroid dienone is 2. The molecule has 0 spiro atoms. The first kappa shape index (κ1) is 25.1. The van der Waals surface area contributed by atoms with Crippen LogP contribution >= 0.6 is 0 Å². The first-order valence-electron chi connectivity index (χ1n) is 12.9. The Bertz CT molecular complexity index is 1380. The number of aliphatic imine (C=N–C) groups is 1. The topological polar surface area (TPSA) is 99.9 Å². The molecule has 0 amide bonds. The van der Waals surface area contributed by atoms with Gasteiger partial charge in [0.25, 0.3) is 0 Å². The van der Waals surface area contributed by atoms with Gasteiger partial charge in [0.05, 0.1) is 0 Å². The average molecular weight is 511 g/mol. The smallest absolute Gasteiger partial charge is 0.395 e. The van der Waals surface area contributed by atoms with Gasteiger partial charge in [-0.15, -0.1) is 13.9 Å². The fraction of sp³-hybridized carbons (Fsp3) is 0.481. The number of unbranched alkanes of at least 4 members (excludes halogenated alkanes) is 1. The number of nitrogens with two attached hydrogens (primary N) is 1. The van der Waals surface area contributed by atoms with Crippen LogP contribution in [-0.4, -0.2) is 32.1 Å². The Balaban J connectivity index is 1.47. The zero-order valence-electron chi connectivity index (χ0n) is 21.2. The summed E-state index contributed by atoms with van der Waals surface area (Å²) in [7, 11) is 0. The molecule has 3 aromatic rings. The van der Waals surface area contributed by atoms with Crippen molar-refractivity contribution in [1.29, 1.82) is 0 Å². The molecule has 1 fully saturated rings. The van der Waals surface area contributed by atoms with Gasteiger partial charge in [-0.2, -0.15) is 4.52 Å². The molecule has 8 nitrogen and oxygen atoms in total. The van der Waals surface area contributed by atoms with E-state index in [9.17, 15) is 8.78 Å². The number of ether oxygens (including phenoxy) is 2. The second-order valence-electron chi connectivity index (χ2n) is 9.89. The lowest BCUT2D eigenvalue weighted by atomic mass is 9.75. The van der Waals surface area contributed by atoms with E-state index in [1.165, 1.54) is 10.6 Å². The highest BCUT2D eigenvalue weighted by molar-refractivity contribution is 5.97. The van der Waals surface area contributed by atoms with Crippen LogP contribution in [0.2, 0.25) is 0 Å². The van der Waals surface area contributed by atoms with Crippen molar-refractivity contribution in [2.24, 2.45) is 16.8 Å². The summed E-state index contributed by atoms with van der Waals surface area (Å²) in [4.78, 5) is 13.6. The van der Waals surface area contributed by atoms with Gasteiger partial charge < -0.3 is 15.2 Å². The number of aromatic nitrogens is 4. The number of halogens is 2. The van der Waals surface area contributed by atoms with E-state index in [-0.39, 0.29) is 28.9 Å². The van der Waals surface area contributed by atoms with Gasteiger partial charge in [-0.05, 0) is 55.2 Å². The van der Waals surface area contributed by atoms with Crippen LogP contribution in [-0.2, 0) is 0 Å². The zero-order valence-corrected chi connectivity index (χ0v) is 21.2. The molecule has 0 radical (unpaired) electrons. The average Bonchev–Trinajstić information content (AvgIpc) is 3.43. The number of nitrogen functional groups attached to an aromatic ring is 1. The quantitative estimate of drug-likeness (QED) is 0.303. The molecular weight excluding hydrogens is 478 g/mol. The third kappa shape index (κ3) is 4.89. The molecule has 37 heavy (non-hydrogen) atoms. The van der Waals surface area contributed by atoms with Crippen molar-refractivity contribution < 1.29 is 18.3 Å². The Kier molecular flexibility index (Phi) is 6.83. The summed E-state index contributed by atoms with van der Waals surface area (Å²) in [6.07, 6.45) is 9.20. The lowest BCUT2D eigenvalue weighted by Gasteiger charge is -2.30. The van der Waals surface area contributed by atoms with Gasteiger partial charge in [0.2, 0.25) is 5.95 Å². The SMILES string of the molecule is C=CC(=CN=CCCC)C1CCCCC(c2nc3c4ccc5c(c4nc(N)n3n2)OC(F)(F)O5)CC1C. The van der Waals surface area contributed by atoms with Gasteiger partial charge in [-0.3, -0.25) is 4.99 Å². The first-order valence-corrected chi connectivity index (χ1v) is 12.9. The molecule has 2 aliphatic rings. The minimum Gasteiger partial charge on any atom is -0.395 e. The Morgan fingerprint density at radius 1 is 1.27 bits per heavy atom. The van der Waals surface area contributed by atoms with E-state index in [1.807, 2.05) is 18.5 Å². The molecule has 5 rings (SSSR count). The molecule has 3 unspecified atom stereocenters. The molecule has 2 aromatic heterocycles. The van der Waals surface area contributed by atoms with Crippen molar-refractivity contribution in [2.75, 3.05) is 5.73 Å². The Hall–Kier alpha value is -3.56. The summed E-state index contributed by atoms with van der Waals surface area (Å²) < 4.78 is 38.2. The molecule has 10 heteroatoms. The number of hydrogen-bond acceptors (Lipinski definition) is 7. The Morgan fingerprint density at radius 3 is 2.86 bits per heavy atom. The summed E-state index contributed by atoms with van der Waals surface area (Å²) in [6, 6.07) is 3.07. The normalized spacial score (nSPS) is 24.0. The molecular formula is C27H32F2N6O2. The monoisotopic (exact) mass is 510 g/mol. The van der Waals surface area contributed by atoms with E-state index in [2.05, 4.69) is 35.1 Å². The predicted molar refractivity (Wildman–Crippen MR) is 139 cm³/mol. The van der Waals surface area contributed by atoms with Crippen molar-refractivity contribution in [3.8, 4) is 11.5 Å². The van der Waals surface area contributed by atoms with E-state index in [0.717, 1.165) is 50.5 Å². The molecule has 1 aliphatic heterocycles. The third-order valence-corrected chi connectivity index (χ3v) is 7.29. The van der Waals surface area contributed by atoms with Crippen LogP contribution in [0.1, 0.15) is 70.5 Å². The van der Waals surface area contributed by atoms with Gasteiger partial charge in [0.1, 0.15) is 5.52 Å². The van der Waals surface area contributed by atoms with Crippen molar-refractivity contribution in [3.05, 3.63) is 42.4 Å². The van der Waals surface area contributed by atoms with Gasteiger partial charge in [0.15, 0.2) is 23.0 Å². The molecule has 0 bridgehead atoms. The van der Waals surface area contributed by atoms with Crippen LogP contribution in [0.25, 0.3) is 16.6 Å². The highest BCUT2D eigenvalue weighted by atomic mass is 19.3. The van der Waals surface area contributed by atoms with E-state index >= 15 is 0 Å². The summed E-state index contributed by atoms with van der Waals surface area (Å²) in [5.41, 5.74) is 7.99. The molecule has 3 atom stereocenters. The molecule has 1 saturated carbocycles. The van der Waals surface area contributed by atoms with Crippen LogP contribution in [0.3, 0.4) is 0 Å². The van der Waals surface area contributed by atoms with Crippen LogP contribution in [0, 0.1) is 11.8 Å². The largest absolute Gasteiger partial charge is 0.586 e. The number of alkyl halides is 2. The Morgan fingerprint density at radius 2 is 2.08 bits per heavy atom. The summed E-state index contributed by atoms with van der Waals surface area (Å²) in [5.74, 6) is 1.34. The lowest BCUT2D eigenvalue weighted by Crippen LogP contribution is -2.26. The lowest BCUT2D eigenvalue weighted by molar-refractivity contribution is -0.286. The fourth-order valence-corrected chi connectivity index (χ4v) is 5.43. The summed E-state index contributed by atoms with van der Waals surface area (Å²) in [6.45, 7) is 8.44. The van der Waals surface area contributed by atoms with E-state index in [4.69, 9.17) is 20.6 Å². The molecule has 1 aliphatic carbocycles. The number of anilines is 1.